The molecule has 0 aliphatic carbocycles. The van der Waals surface area contributed by atoms with Gasteiger partial charge < -0.3 is 10.5 Å². The van der Waals surface area contributed by atoms with E-state index in [1.54, 1.807) is 7.11 Å². The highest BCUT2D eigenvalue weighted by Crippen LogP contribution is 2.15. The van der Waals surface area contributed by atoms with E-state index < -0.39 is 0 Å². The standard InChI is InChI=1S/C14H19NO/c1-3-4-5-6-7-14(15)12-8-10-13(16-2)11-9-12/h8-11,14H,3-5,15H2,1-2H3. The van der Waals surface area contributed by atoms with Crippen LogP contribution < -0.4 is 10.5 Å². The zero-order chi connectivity index (χ0) is 11.8. The Morgan fingerprint density at radius 2 is 2.00 bits per heavy atom. The minimum Gasteiger partial charge on any atom is -0.497 e. The summed E-state index contributed by atoms with van der Waals surface area (Å²) in [4.78, 5) is 0. The van der Waals surface area contributed by atoms with Crippen LogP contribution in [-0.2, 0) is 0 Å². The van der Waals surface area contributed by atoms with Crippen molar-refractivity contribution in [2.45, 2.75) is 32.2 Å². The van der Waals surface area contributed by atoms with Crippen molar-refractivity contribution in [2.24, 2.45) is 5.73 Å². The fourth-order valence-electron chi connectivity index (χ4n) is 1.34. The lowest BCUT2D eigenvalue weighted by Crippen LogP contribution is -2.07. The minimum atomic E-state index is -0.192. The molecular weight excluding hydrogens is 198 g/mol. The Bertz CT molecular complexity index is 359. The molecule has 0 saturated carbocycles. The van der Waals surface area contributed by atoms with Gasteiger partial charge in [0.25, 0.3) is 0 Å². The molecule has 1 aromatic rings. The molecule has 0 aliphatic heterocycles. The second-order valence-electron chi connectivity index (χ2n) is 3.68. The third-order valence-corrected chi connectivity index (χ3v) is 2.39. The van der Waals surface area contributed by atoms with E-state index in [4.69, 9.17) is 10.5 Å². The van der Waals surface area contributed by atoms with E-state index in [2.05, 4.69) is 18.8 Å². The number of rotatable bonds is 4. The maximum absolute atomic E-state index is 5.95. The second-order valence-corrected chi connectivity index (χ2v) is 3.68. The monoisotopic (exact) mass is 217 g/mol. The molecule has 0 amide bonds. The average molecular weight is 217 g/mol. The Morgan fingerprint density at radius 1 is 1.31 bits per heavy atom. The molecule has 0 bridgehead atoms. The molecule has 0 radical (unpaired) electrons. The van der Waals surface area contributed by atoms with Crippen LogP contribution in [0.3, 0.4) is 0 Å². The quantitative estimate of drug-likeness (QED) is 0.621. The Morgan fingerprint density at radius 3 is 2.56 bits per heavy atom. The summed E-state index contributed by atoms with van der Waals surface area (Å²) in [6.45, 7) is 2.16. The second kappa shape index (κ2) is 6.92. The van der Waals surface area contributed by atoms with Crippen LogP contribution in [0.15, 0.2) is 24.3 Å². The van der Waals surface area contributed by atoms with Gasteiger partial charge in [0, 0.05) is 6.42 Å². The molecule has 16 heavy (non-hydrogen) atoms. The van der Waals surface area contributed by atoms with Gasteiger partial charge in [0.15, 0.2) is 0 Å². The van der Waals surface area contributed by atoms with Gasteiger partial charge >= 0.3 is 0 Å². The topological polar surface area (TPSA) is 35.2 Å². The van der Waals surface area contributed by atoms with E-state index in [9.17, 15) is 0 Å². The smallest absolute Gasteiger partial charge is 0.118 e. The number of hydrogen-bond acceptors (Lipinski definition) is 2. The molecule has 1 rings (SSSR count). The van der Waals surface area contributed by atoms with Crippen LogP contribution in [0.1, 0.15) is 37.8 Å². The summed E-state index contributed by atoms with van der Waals surface area (Å²) in [5, 5.41) is 0. The largest absolute Gasteiger partial charge is 0.497 e. The Hall–Kier alpha value is -1.46. The van der Waals surface area contributed by atoms with E-state index in [1.807, 2.05) is 24.3 Å². The number of nitrogens with two attached hydrogens (primary N) is 1. The van der Waals surface area contributed by atoms with Gasteiger partial charge in [0.2, 0.25) is 0 Å². The fourth-order valence-corrected chi connectivity index (χ4v) is 1.34. The summed E-state index contributed by atoms with van der Waals surface area (Å²) < 4.78 is 5.09. The van der Waals surface area contributed by atoms with Gasteiger partial charge in [-0.3, -0.25) is 0 Å². The highest BCUT2D eigenvalue weighted by Gasteiger charge is 2.01. The highest BCUT2D eigenvalue weighted by atomic mass is 16.5. The molecule has 2 N–H and O–H groups in total. The van der Waals surface area contributed by atoms with Crippen LogP contribution in [0.2, 0.25) is 0 Å². The Kier molecular flexibility index (Phi) is 5.45. The van der Waals surface area contributed by atoms with Crippen LogP contribution in [-0.4, -0.2) is 7.11 Å². The summed E-state index contributed by atoms with van der Waals surface area (Å²) in [5.41, 5.74) is 6.99. The van der Waals surface area contributed by atoms with Crippen LogP contribution in [0.5, 0.6) is 5.75 Å². The van der Waals surface area contributed by atoms with Crippen LogP contribution in [0.4, 0.5) is 0 Å². The first-order valence-corrected chi connectivity index (χ1v) is 5.66. The Balaban J connectivity index is 2.57. The van der Waals surface area contributed by atoms with Crippen LogP contribution >= 0.6 is 0 Å². The van der Waals surface area contributed by atoms with Crippen molar-refractivity contribution < 1.29 is 4.74 Å². The van der Waals surface area contributed by atoms with Crippen molar-refractivity contribution in [2.75, 3.05) is 7.11 Å². The molecule has 0 fully saturated rings. The highest BCUT2D eigenvalue weighted by molar-refractivity contribution is 5.32. The van der Waals surface area contributed by atoms with E-state index in [0.717, 1.165) is 24.2 Å². The lowest BCUT2D eigenvalue weighted by atomic mass is 10.1. The maximum Gasteiger partial charge on any atom is 0.118 e. The van der Waals surface area contributed by atoms with Crippen molar-refractivity contribution in [3.63, 3.8) is 0 Å². The first-order valence-electron chi connectivity index (χ1n) is 5.66. The fraction of sp³-hybridized carbons (Fsp3) is 0.429. The van der Waals surface area contributed by atoms with Crippen molar-refractivity contribution in [3.05, 3.63) is 29.8 Å². The van der Waals surface area contributed by atoms with Gasteiger partial charge in [-0.1, -0.05) is 31.4 Å². The molecular formula is C14H19NO. The third kappa shape index (κ3) is 3.96. The molecule has 0 heterocycles. The normalized spacial score (nSPS) is 11.4. The maximum atomic E-state index is 5.95. The number of ether oxygens (including phenoxy) is 1. The lowest BCUT2D eigenvalue weighted by Gasteiger charge is -2.05. The summed E-state index contributed by atoms with van der Waals surface area (Å²) >= 11 is 0. The number of hydrogen-bond donors (Lipinski definition) is 1. The molecule has 1 atom stereocenters. The van der Waals surface area contributed by atoms with Crippen LogP contribution in [0, 0.1) is 11.8 Å². The first kappa shape index (κ1) is 12.6. The van der Waals surface area contributed by atoms with E-state index in [1.165, 1.54) is 6.42 Å². The van der Waals surface area contributed by atoms with Gasteiger partial charge in [-0.25, -0.2) is 0 Å². The van der Waals surface area contributed by atoms with Gasteiger partial charge in [-0.2, -0.15) is 0 Å². The van der Waals surface area contributed by atoms with Crippen LogP contribution in [0.25, 0.3) is 0 Å². The van der Waals surface area contributed by atoms with Gasteiger partial charge in [-0.15, -0.1) is 5.92 Å². The average Bonchev–Trinajstić information content (AvgIpc) is 2.34. The summed E-state index contributed by atoms with van der Waals surface area (Å²) in [6, 6.07) is 7.53. The Labute approximate surface area is 97.8 Å². The predicted octanol–water partition coefficient (Wildman–Crippen LogP) is 2.89. The molecule has 2 nitrogen and oxygen atoms in total. The number of methoxy groups -OCH3 is 1. The van der Waals surface area contributed by atoms with Crippen molar-refractivity contribution in [1.82, 2.24) is 0 Å². The van der Waals surface area contributed by atoms with E-state index in [-0.39, 0.29) is 6.04 Å². The molecule has 86 valence electrons. The van der Waals surface area contributed by atoms with E-state index in [0.29, 0.717) is 0 Å². The number of benzene rings is 1. The third-order valence-electron chi connectivity index (χ3n) is 2.39. The van der Waals surface area contributed by atoms with E-state index >= 15 is 0 Å². The molecule has 1 unspecified atom stereocenters. The molecule has 0 saturated heterocycles. The summed E-state index contributed by atoms with van der Waals surface area (Å²) in [6.07, 6.45) is 3.25. The number of unbranched alkanes of at least 4 members (excludes halogenated alkanes) is 2. The molecule has 0 spiro atoms. The van der Waals surface area contributed by atoms with Crippen molar-refractivity contribution in [3.8, 4) is 17.6 Å². The predicted molar refractivity (Wildman–Crippen MR) is 67.2 cm³/mol. The van der Waals surface area contributed by atoms with Gasteiger partial charge in [0.05, 0.1) is 13.2 Å². The first-order chi connectivity index (χ1) is 7.77. The zero-order valence-corrected chi connectivity index (χ0v) is 9.99. The van der Waals surface area contributed by atoms with Gasteiger partial charge in [0.1, 0.15) is 5.75 Å². The summed E-state index contributed by atoms with van der Waals surface area (Å²) in [7, 11) is 1.65. The minimum absolute atomic E-state index is 0.192. The molecule has 1 aromatic carbocycles. The molecule has 0 aliphatic rings. The lowest BCUT2D eigenvalue weighted by molar-refractivity contribution is 0.414. The molecule has 2 heteroatoms. The SMILES string of the molecule is CCCCC#CC(N)c1ccc(OC)cc1. The van der Waals surface area contributed by atoms with Crippen molar-refractivity contribution >= 4 is 0 Å². The molecule has 0 aromatic heterocycles. The van der Waals surface area contributed by atoms with Crippen molar-refractivity contribution in [1.29, 1.82) is 0 Å². The summed E-state index contributed by atoms with van der Waals surface area (Å²) in [5.74, 6) is 7.01. The zero-order valence-electron chi connectivity index (χ0n) is 9.99. The van der Waals surface area contributed by atoms with Gasteiger partial charge in [-0.05, 0) is 24.1 Å².